The summed E-state index contributed by atoms with van der Waals surface area (Å²) in [5.74, 6) is -2.43. The molecule has 2 N–H and O–H groups in total. The van der Waals surface area contributed by atoms with Crippen LogP contribution in [0.4, 0.5) is 0 Å². The smallest absolute Gasteiger partial charge is 0.344 e. The zero-order valence-corrected chi connectivity index (χ0v) is 13.9. The van der Waals surface area contributed by atoms with E-state index in [2.05, 4.69) is 44.3 Å². The third-order valence-corrected chi connectivity index (χ3v) is 3.12. The Morgan fingerprint density at radius 3 is 1.48 bits per heavy atom. The Labute approximate surface area is 137 Å². The van der Waals surface area contributed by atoms with E-state index in [9.17, 15) is 19.2 Å². The van der Waals surface area contributed by atoms with Crippen molar-refractivity contribution in [3.63, 3.8) is 0 Å². The zero-order valence-electron chi connectivity index (χ0n) is 11.3. The van der Waals surface area contributed by atoms with Gasteiger partial charge in [0.25, 0.3) is 12.3 Å². The van der Waals surface area contributed by atoms with Gasteiger partial charge in [-0.2, -0.15) is 25.3 Å². The Morgan fingerprint density at radius 1 is 0.905 bits per heavy atom. The highest BCUT2D eigenvalue weighted by Gasteiger charge is 2.23. The first-order chi connectivity index (χ1) is 9.81. The Kier molecular flexibility index (Phi) is 10.1. The standard InChI is InChI=1S/C10H16N2O6S3/c1-5(13)11-7(3-19)9(15)17-21-18-10(16)8(4-20)12-6(2)14/h7-8,19-20H,3-4H2,1-2H3,(H,11,13)(H,12,14)/t7-,8-/m0/s1. The van der Waals surface area contributed by atoms with Crippen LogP contribution in [-0.2, 0) is 27.5 Å². The summed E-state index contributed by atoms with van der Waals surface area (Å²) in [7, 11) is 0. The molecule has 2 atom stereocenters. The third-order valence-electron chi connectivity index (χ3n) is 1.92. The molecule has 0 aliphatic carbocycles. The predicted molar refractivity (Wildman–Crippen MR) is 82.7 cm³/mol. The maximum Gasteiger partial charge on any atom is 0.344 e. The highest BCUT2D eigenvalue weighted by Crippen LogP contribution is 2.10. The molecule has 0 aromatic heterocycles. The van der Waals surface area contributed by atoms with Crippen molar-refractivity contribution in [3.8, 4) is 0 Å². The molecule has 11 heteroatoms. The maximum absolute atomic E-state index is 11.5. The van der Waals surface area contributed by atoms with Crippen LogP contribution in [0.25, 0.3) is 0 Å². The summed E-state index contributed by atoms with van der Waals surface area (Å²) in [6.07, 6.45) is 0. The van der Waals surface area contributed by atoms with Gasteiger partial charge in [-0.05, 0) is 0 Å². The molecule has 0 spiro atoms. The van der Waals surface area contributed by atoms with Crippen molar-refractivity contribution in [2.24, 2.45) is 0 Å². The molecule has 0 saturated carbocycles. The molecule has 0 radical (unpaired) electrons. The second-order valence-corrected chi connectivity index (χ2v) is 4.94. The minimum atomic E-state index is -0.951. The second-order valence-electron chi connectivity index (χ2n) is 3.74. The Balaban J connectivity index is 4.22. The fraction of sp³-hybridized carbons (Fsp3) is 0.600. The van der Waals surface area contributed by atoms with Gasteiger partial charge in [0.05, 0.1) is 0 Å². The SMILES string of the molecule is CC(=O)N[C@@H](CS)C(=O)OSOC(=O)[C@H](CS)NC(C)=O. The average Bonchev–Trinajstić information content (AvgIpc) is 2.41. The molecule has 0 aromatic carbocycles. The quantitative estimate of drug-likeness (QED) is 0.343. The van der Waals surface area contributed by atoms with Crippen molar-refractivity contribution in [3.05, 3.63) is 0 Å². The molecule has 0 aliphatic rings. The second kappa shape index (κ2) is 10.6. The molecule has 0 unspecified atom stereocenters. The van der Waals surface area contributed by atoms with Crippen LogP contribution in [0.3, 0.4) is 0 Å². The van der Waals surface area contributed by atoms with Gasteiger partial charge in [-0.1, -0.05) is 0 Å². The molecular formula is C10H16N2O6S3. The lowest BCUT2D eigenvalue weighted by Crippen LogP contribution is -2.42. The summed E-state index contributed by atoms with van der Waals surface area (Å²) in [4.78, 5) is 44.7. The van der Waals surface area contributed by atoms with Gasteiger partial charge in [0.2, 0.25) is 11.8 Å². The Bertz CT molecular complexity index is 370. The van der Waals surface area contributed by atoms with E-state index in [1.807, 2.05) is 0 Å². The first kappa shape index (κ1) is 19.9. The fourth-order valence-corrected chi connectivity index (χ4v) is 1.93. The maximum atomic E-state index is 11.5. The van der Waals surface area contributed by atoms with E-state index >= 15 is 0 Å². The highest BCUT2D eigenvalue weighted by atomic mass is 32.2. The van der Waals surface area contributed by atoms with E-state index in [4.69, 9.17) is 0 Å². The lowest BCUT2D eigenvalue weighted by Gasteiger charge is -2.14. The van der Waals surface area contributed by atoms with Crippen LogP contribution in [-0.4, -0.2) is 47.3 Å². The van der Waals surface area contributed by atoms with Gasteiger partial charge in [0.1, 0.15) is 12.1 Å². The van der Waals surface area contributed by atoms with Gasteiger partial charge < -0.3 is 19.0 Å². The topological polar surface area (TPSA) is 111 Å². The largest absolute Gasteiger partial charge is 0.353 e. The Hall–Kier alpha value is -1.07. The molecule has 0 saturated heterocycles. The number of amides is 2. The van der Waals surface area contributed by atoms with Crippen molar-refractivity contribution in [2.45, 2.75) is 25.9 Å². The number of nitrogens with one attached hydrogen (secondary N) is 2. The number of thiol groups is 2. The first-order valence-corrected chi connectivity index (χ1v) is 7.59. The van der Waals surface area contributed by atoms with Gasteiger partial charge >= 0.3 is 11.9 Å². The number of hydrogen-bond acceptors (Lipinski definition) is 9. The molecule has 120 valence electrons. The first-order valence-electron chi connectivity index (χ1n) is 5.66. The minimum Gasteiger partial charge on any atom is -0.353 e. The van der Waals surface area contributed by atoms with E-state index in [-0.39, 0.29) is 23.8 Å². The van der Waals surface area contributed by atoms with Crippen LogP contribution in [0, 0.1) is 0 Å². The Morgan fingerprint density at radius 2 is 1.24 bits per heavy atom. The van der Waals surface area contributed by atoms with Gasteiger partial charge in [-0.25, -0.2) is 9.59 Å². The molecule has 0 bridgehead atoms. The molecule has 0 fully saturated rings. The van der Waals surface area contributed by atoms with Gasteiger partial charge in [0.15, 0.2) is 0 Å². The molecule has 0 aliphatic heterocycles. The van der Waals surface area contributed by atoms with E-state index in [1.54, 1.807) is 0 Å². The lowest BCUT2D eigenvalue weighted by atomic mass is 10.3. The van der Waals surface area contributed by atoms with Crippen LogP contribution in [0.5, 0.6) is 0 Å². The number of rotatable bonds is 8. The van der Waals surface area contributed by atoms with Crippen molar-refractivity contribution in [1.82, 2.24) is 10.6 Å². The van der Waals surface area contributed by atoms with Crippen LogP contribution in [0.15, 0.2) is 0 Å². The van der Waals surface area contributed by atoms with Crippen LogP contribution < -0.4 is 10.6 Å². The van der Waals surface area contributed by atoms with E-state index in [1.165, 1.54) is 13.8 Å². The molecule has 0 rings (SSSR count). The van der Waals surface area contributed by atoms with Crippen molar-refractivity contribution in [1.29, 1.82) is 0 Å². The highest BCUT2D eigenvalue weighted by molar-refractivity contribution is 7.90. The summed E-state index contributed by atoms with van der Waals surface area (Å²) in [5, 5.41) is 4.63. The monoisotopic (exact) mass is 356 g/mol. The number of hydrogen-bond donors (Lipinski definition) is 4. The van der Waals surface area contributed by atoms with Crippen molar-refractivity contribution < 1.29 is 27.5 Å². The van der Waals surface area contributed by atoms with E-state index < -0.39 is 35.8 Å². The van der Waals surface area contributed by atoms with Gasteiger partial charge in [-0.15, -0.1) is 0 Å². The molecular weight excluding hydrogens is 340 g/mol. The summed E-state index contributed by atoms with van der Waals surface area (Å²) >= 11 is 7.92. The lowest BCUT2D eigenvalue weighted by molar-refractivity contribution is -0.140. The molecule has 0 aromatic rings. The van der Waals surface area contributed by atoms with Gasteiger partial charge in [-0.3, -0.25) is 9.59 Å². The predicted octanol–water partition coefficient (Wildman–Crippen LogP) is -0.495. The molecule has 0 heterocycles. The fourth-order valence-electron chi connectivity index (χ4n) is 1.05. The molecule has 8 nitrogen and oxygen atoms in total. The van der Waals surface area contributed by atoms with Gasteiger partial charge in [0, 0.05) is 25.4 Å². The molecule has 21 heavy (non-hydrogen) atoms. The summed E-state index contributed by atoms with van der Waals surface area (Å²) in [6.45, 7) is 2.48. The number of carbonyl (C=O) groups excluding carboxylic acids is 4. The average molecular weight is 356 g/mol. The van der Waals surface area contributed by atoms with E-state index in [0.717, 1.165) is 0 Å². The molecule has 2 amide bonds. The van der Waals surface area contributed by atoms with Crippen LogP contribution in [0.1, 0.15) is 13.8 Å². The summed E-state index contributed by atoms with van der Waals surface area (Å²) in [5.41, 5.74) is 0. The summed E-state index contributed by atoms with van der Waals surface area (Å²) in [6, 6.07) is -1.90. The van der Waals surface area contributed by atoms with E-state index in [0.29, 0.717) is 0 Å². The minimum absolute atomic E-state index is 0.0259. The van der Waals surface area contributed by atoms with Crippen molar-refractivity contribution in [2.75, 3.05) is 11.5 Å². The third kappa shape index (κ3) is 8.73. The summed E-state index contributed by atoms with van der Waals surface area (Å²) < 4.78 is 9.20. The zero-order chi connectivity index (χ0) is 16.4. The number of carbonyl (C=O) groups is 4. The normalized spacial score (nSPS) is 12.8. The van der Waals surface area contributed by atoms with Crippen LogP contribution >= 0.6 is 37.6 Å². The van der Waals surface area contributed by atoms with Crippen molar-refractivity contribution >= 4 is 61.3 Å². The van der Waals surface area contributed by atoms with Crippen LogP contribution in [0.2, 0.25) is 0 Å².